The van der Waals surface area contributed by atoms with Gasteiger partial charge >= 0.3 is 0 Å². The van der Waals surface area contributed by atoms with Crippen LogP contribution < -0.4 is 5.73 Å². The van der Waals surface area contributed by atoms with E-state index >= 15 is 0 Å². The summed E-state index contributed by atoms with van der Waals surface area (Å²) in [5.41, 5.74) is 6.36. The molecule has 0 aliphatic heterocycles. The molecular formula is C14H22ClNS. The topological polar surface area (TPSA) is 26.0 Å². The second-order valence-corrected chi connectivity index (χ2v) is 7.33. The third-order valence-corrected chi connectivity index (χ3v) is 5.52. The van der Waals surface area contributed by atoms with Gasteiger partial charge in [0, 0.05) is 10.9 Å². The summed E-state index contributed by atoms with van der Waals surface area (Å²) >= 11 is 7.61. The number of thiophene rings is 1. The van der Waals surface area contributed by atoms with Crippen LogP contribution in [-0.2, 0) is 0 Å². The number of halogens is 1. The van der Waals surface area contributed by atoms with E-state index in [2.05, 4.69) is 19.9 Å². The molecule has 1 nitrogen and oxygen atoms in total. The molecule has 2 N–H and O–H groups in total. The molecule has 1 aromatic rings. The van der Waals surface area contributed by atoms with Crippen molar-refractivity contribution in [1.29, 1.82) is 0 Å². The van der Waals surface area contributed by atoms with Gasteiger partial charge in [-0.25, -0.2) is 0 Å². The van der Waals surface area contributed by atoms with Gasteiger partial charge in [-0.3, -0.25) is 0 Å². The highest BCUT2D eigenvalue weighted by Crippen LogP contribution is 2.40. The predicted octanol–water partition coefficient (Wildman–Crippen LogP) is 4.86. The van der Waals surface area contributed by atoms with Crippen molar-refractivity contribution < 1.29 is 0 Å². The van der Waals surface area contributed by atoms with Gasteiger partial charge in [0.25, 0.3) is 0 Å². The Labute approximate surface area is 113 Å². The zero-order valence-corrected chi connectivity index (χ0v) is 12.2. The van der Waals surface area contributed by atoms with Gasteiger partial charge in [0.2, 0.25) is 0 Å². The molecule has 0 spiro atoms. The Balaban J connectivity index is 1.92. The van der Waals surface area contributed by atoms with Crippen molar-refractivity contribution in [3.63, 3.8) is 0 Å². The van der Waals surface area contributed by atoms with Crippen LogP contribution in [0.4, 0.5) is 0 Å². The van der Waals surface area contributed by atoms with Crippen LogP contribution in [0.25, 0.3) is 0 Å². The van der Waals surface area contributed by atoms with Gasteiger partial charge < -0.3 is 5.73 Å². The average Bonchev–Trinajstić information content (AvgIpc) is 2.75. The third-order valence-electron chi connectivity index (χ3n) is 4.19. The fraction of sp³-hybridized carbons (Fsp3) is 0.714. The first-order valence-electron chi connectivity index (χ1n) is 6.58. The van der Waals surface area contributed by atoms with Gasteiger partial charge in [0.15, 0.2) is 0 Å². The summed E-state index contributed by atoms with van der Waals surface area (Å²) in [6.45, 7) is 4.67. The Hall–Kier alpha value is -0.0500. The first-order valence-corrected chi connectivity index (χ1v) is 7.78. The molecule has 0 amide bonds. The molecule has 17 heavy (non-hydrogen) atoms. The molecule has 1 heterocycles. The van der Waals surface area contributed by atoms with E-state index in [1.807, 2.05) is 6.07 Å². The maximum absolute atomic E-state index is 6.36. The largest absolute Gasteiger partial charge is 0.323 e. The maximum atomic E-state index is 6.36. The van der Waals surface area contributed by atoms with Crippen LogP contribution in [0.1, 0.15) is 50.4 Å². The molecule has 1 fully saturated rings. The number of hydrogen-bond donors (Lipinski definition) is 1. The van der Waals surface area contributed by atoms with E-state index in [-0.39, 0.29) is 6.04 Å². The lowest BCUT2D eigenvalue weighted by Gasteiger charge is -2.33. The molecule has 1 aliphatic rings. The van der Waals surface area contributed by atoms with Crippen LogP contribution in [0.3, 0.4) is 0 Å². The van der Waals surface area contributed by atoms with Crippen LogP contribution in [0.15, 0.2) is 12.1 Å². The highest BCUT2D eigenvalue weighted by Gasteiger charge is 2.28. The summed E-state index contributed by atoms with van der Waals surface area (Å²) in [6, 6.07) is 4.24. The minimum Gasteiger partial charge on any atom is -0.323 e. The normalized spacial score (nSPS) is 27.4. The highest BCUT2D eigenvalue weighted by atomic mass is 35.5. The predicted molar refractivity (Wildman–Crippen MR) is 76.5 cm³/mol. The fourth-order valence-electron chi connectivity index (χ4n) is 2.91. The zero-order chi connectivity index (χ0) is 12.4. The van der Waals surface area contributed by atoms with E-state index in [4.69, 9.17) is 17.3 Å². The number of hydrogen-bond acceptors (Lipinski definition) is 2. The standard InChI is InChI=1S/C14H22ClNS/c1-9(2)10-3-5-11(6-4-10)14(16)12-7-8-13(15)17-12/h7-11,14H,3-6,16H2,1-2H3. The molecule has 1 aromatic heterocycles. The summed E-state index contributed by atoms with van der Waals surface area (Å²) in [4.78, 5) is 1.25. The van der Waals surface area contributed by atoms with Gasteiger partial charge in [-0.05, 0) is 55.6 Å². The number of nitrogens with two attached hydrogens (primary N) is 1. The lowest BCUT2D eigenvalue weighted by atomic mass is 9.74. The zero-order valence-electron chi connectivity index (χ0n) is 10.7. The van der Waals surface area contributed by atoms with E-state index < -0.39 is 0 Å². The fourth-order valence-corrected chi connectivity index (χ4v) is 4.07. The number of rotatable bonds is 3. The van der Waals surface area contributed by atoms with Gasteiger partial charge in [-0.1, -0.05) is 25.4 Å². The van der Waals surface area contributed by atoms with Crippen LogP contribution in [0, 0.1) is 17.8 Å². The Morgan fingerprint density at radius 2 is 1.76 bits per heavy atom. The van der Waals surface area contributed by atoms with E-state index in [9.17, 15) is 0 Å². The SMILES string of the molecule is CC(C)C1CCC(C(N)c2ccc(Cl)s2)CC1. The summed E-state index contributed by atoms with van der Waals surface area (Å²) in [5, 5.41) is 0. The molecule has 0 aromatic carbocycles. The minimum atomic E-state index is 0.195. The molecule has 1 aliphatic carbocycles. The second-order valence-electron chi connectivity index (χ2n) is 5.59. The molecule has 3 heteroatoms. The monoisotopic (exact) mass is 271 g/mol. The lowest BCUT2D eigenvalue weighted by Crippen LogP contribution is -2.26. The molecule has 0 bridgehead atoms. The quantitative estimate of drug-likeness (QED) is 0.834. The minimum absolute atomic E-state index is 0.195. The van der Waals surface area contributed by atoms with Crippen molar-refractivity contribution >= 4 is 22.9 Å². The highest BCUT2D eigenvalue weighted by molar-refractivity contribution is 7.16. The van der Waals surface area contributed by atoms with Crippen molar-refractivity contribution in [2.24, 2.45) is 23.5 Å². The smallest absolute Gasteiger partial charge is 0.0931 e. The van der Waals surface area contributed by atoms with Crippen LogP contribution in [-0.4, -0.2) is 0 Å². The second kappa shape index (κ2) is 5.73. The Morgan fingerprint density at radius 3 is 2.24 bits per heavy atom. The van der Waals surface area contributed by atoms with Crippen molar-refractivity contribution in [2.45, 2.75) is 45.6 Å². The molecule has 96 valence electrons. The average molecular weight is 272 g/mol. The molecule has 0 saturated heterocycles. The molecule has 1 atom stereocenters. The van der Waals surface area contributed by atoms with E-state index in [0.29, 0.717) is 5.92 Å². The lowest BCUT2D eigenvalue weighted by molar-refractivity contribution is 0.204. The van der Waals surface area contributed by atoms with Gasteiger partial charge in [0.1, 0.15) is 0 Å². The van der Waals surface area contributed by atoms with Crippen LogP contribution in [0.2, 0.25) is 4.34 Å². The Kier molecular flexibility index (Phi) is 4.51. The molecule has 2 rings (SSSR count). The summed E-state index contributed by atoms with van der Waals surface area (Å²) in [5.74, 6) is 2.38. The van der Waals surface area contributed by atoms with Crippen molar-refractivity contribution in [3.8, 4) is 0 Å². The van der Waals surface area contributed by atoms with Crippen molar-refractivity contribution in [3.05, 3.63) is 21.3 Å². The summed E-state index contributed by atoms with van der Waals surface area (Å²) < 4.78 is 0.853. The molecule has 0 radical (unpaired) electrons. The van der Waals surface area contributed by atoms with E-state index in [1.54, 1.807) is 11.3 Å². The molecular weight excluding hydrogens is 250 g/mol. The molecule has 1 saturated carbocycles. The molecule has 1 unspecified atom stereocenters. The Morgan fingerprint density at radius 1 is 1.18 bits per heavy atom. The maximum Gasteiger partial charge on any atom is 0.0931 e. The first-order chi connectivity index (χ1) is 8.08. The van der Waals surface area contributed by atoms with Crippen molar-refractivity contribution in [2.75, 3.05) is 0 Å². The van der Waals surface area contributed by atoms with Crippen LogP contribution in [0.5, 0.6) is 0 Å². The first kappa shape index (κ1) is 13.4. The summed E-state index contributed by atoms with van der Waals surface area (Å²) in [7, 11) is 0. The van der Waals surface area contributed by atoms with Crippen molar-refractivity contribution in [1.82, 2.24) is 0 Å². The van der Waals surface area contributed by atoms with Gasteiger partial charge in [-0.15, -0.1) is 11.3 Å². The summed E-state index contributed by atoms with van der Waals surface area (Å²) in [6.07, 6.45) is 5.24. The third kappa shape index (κ3) is 3.24. The Bertz CT molecular complexity index is 353. The van der Waals surface area contributed by atoms with Crippen LogP contribution >= 0.6 is 22.9 Å². The van der Waals surface area contributed by atoms with E-state index in [0.717, 1.165) is 16.2 Å². The van der Waals surface area contributed by atoms with Gasteiger partial charge in [0.05, 0.1) is 4.34 Å². The van der Waals surface area contributed by atoms with Gasteiger partial charge in [-0.2, -0.15) is 0 Å². The van der Waals surface area contributed by atoms with E-state index in [1.165, 1.54) is 30.6 Å².